The van der Waals surface area contributed by atoms with Crippen LogP contribution < -0.4 is 10.5 Å². The lowest BCUT2D eigenvalue weighted by molar-refractivity contribution is 0.531. The van der Waals surface area contributed by atoms with Crippen LogP contribution in [-0.4, -0.2) is 14.5 Å². The molecule has 19 heavy (non-hydrogen) atoms. The van der Waals surface area contributed by atoms with Crippen LogP contribution in [0.5, 0.6) is 0 Å². The van der Waals surface area contributed by atoms with Crippen LogP contribution in [0, 0.1) is 5.82 Å². The van der Waals surface area contributed by atoms with Crippen molar-refractivity contribution >= 4 is 10.0 Å². The highest BCUT2D eigenvalue weighted by Gasteiger charge is 2.21. The van der Waals surface area contributed by atoms with Crippen LogP contribution in [-0.2, 0) is 16.6 Å². The number of hydrogen-bond donors (Lipinski definition) is 2. The summed E-state index contributed by atoms with van der Waals surface area (Å²) >= 11 is 0. The fourth-order valence-electron chi connectivity index (χ4n) is 1.89. The van der Waals surface area contributed by atoms with Crippen molar-refractivity contribution in [1.82, 2.24) is 4.72 Å². The Morgan fingerprint density at radius 1 is 1.42 bits per heavy atom. The Bertz CT molecular complexity index is 517. The second-order valence-electron chi connectivity index (χ2n) is 4.59. The molecule has 108 valence electrons. The Labute approximate surface area is 114 Å². The lowest BCUT2D eigenvalue weighted by Gasteiger charge is -2.16. The molecule has 0 amide bonds. The van der Waals surface area contributed by atoms with Gasteiger partial charge in [-0.3, -0.25) is 0 Å². The van der Waals surface area contributed by atoms with Gasteiger partial charge in [-0.1, -0.05) is 25.8 Å². The third-order valence-electron chi connectivity index (χ3n) is 2.92. The molecule has 0 aliphatic rings. The Morgan fingerprint density at radius 3 is 2.68 bits per heavy atom. The number of halogens is 1. The molecule has 1 aromatic carbocycles. The lowest BCUT2D eigenvalue weighted by atomic mass is 10.2. The van der Waals surface area contributed by atoms with Crippen LogP contribution in [0.15, 0.2) is 23.1 Å². The Kier molecular flexibility index (Phi) is 5.90. The molecule has 1 aromatic rings. The van der Waals surface area contributed by atoms with Gasteiger partial charge < -0.3 is 5.73 Å². The average Bonchev–Trinajstić information content (AvgIpc) is 2.35. The fourth-order valence-corrected chi connectivity index (χ4v) is 3.42. The zero-order valence-electron chi connectivity index (χ0n) is 11.3. The number of sulfonamides is 1. The summed E-state index contributed by atoms with van der Waals surface area (Å²) in [5.41, 5.74) is 5.45. The topological polar surface area (TPSA) is 72.2 Å². The first-order chi connectivity index (χ1) is 8.92. The lowest BCUT2D eigenvalue weighted by Crippen LogP contribution is -2.33. The molecule has 1 unspecified atom stereocenters. The van der Waals surface area contributed by atoms with Gasteiger partial charge in [-0.05, 0) is 25.5 Å². The molecule has 0 bridgehead atoms. The summed E-state index contributed by atoms with van der Waals surface area (Å²) < 4.78 is 40.5. The quantitative estimate of drug-likeness (QED) is 0.807. The van der Waals surface area contributed by atoms with E-state index in [2.05, 4.69) is 4.72 Å². The zero-order valence-corrected chi connectivity index (χ0v) is 12.1. The van der Waals surface area contributed by atoms with E-state index in [-0.39, 0.29) is 23.0 Å². The summed E-state index contributed by atoms with van der Waals surface area (Å²) in [6.07, 6.45) is 2.69. The van der Waals surface area contributed by atoms with Gasteiger partial charge in [0.05, 0.1) is 4.90 Å². The molecule has 0 aliphatic carbocycles. The molecule has 0 fully saturated rings. The van der Waals surface area contributed by atoms with Crippen molar-refractivity contribution in [3.05, 3.63) is 29.6 Å². The molecule has 6 heteroatoms. The molecule has 0 radical (unpaired) electrons. The van der Waals surface area contributed by atoms with Crippen LogP contribution in [0.3, 0.4) is 0 Å². The molecule has 1 rings (SSSR count). The number of nitrogens with two attached hydrogens (primary N) is 1. The number of hydrogen-bond acceptors (Lipinski definition) is 3. The Hall–Kier alpha value is -0.980. The monoisotopic (exact) mass is 288 g/mol. The second kappa shape index (κ2) is 6.98. The van der Waals surface area contributed by atoms with E-state index < -0.39 is 15.8 Å². The molecule has 0 aromatic heterocycles. The van der Waals surface area contributed by atoms with Crippen molar-refractivity contribution in [2.75, 3.05) is 0 Å². The normalized spacial score (nSPS) is 13.5. The first-order valence-corrected chi connectivity index (χ1v) is 7.90. The smallest absolute Gasteiger partial charge is 0.241 e. The van der Waals surface area contributed by atoms with Gasteiger partial charge >= 0.3 is 0 Å². The van der Waals surface area contributed by atoms with Gasteiger partial charge in [0.1, 0.15) is 5.82 Å². The summed E-state index contributed by atoms with van der Waals surface area (Å²) in [4.78, 5) is -0.0710. The van der Waals surface area contributed by atoms with Crippen molar-refractivity contribution < 1.29 is 12.8 Å². The predicted octanol–water partition coefficient (Wildman–Crippen LogP) is 2.14. The maximum atomic E-state index is 13.5. The van der Waals surface area contributed by atoms with E-state index in [0.717, 1.165) is 19.3 Å². The molecule has 4 nitrogen and oxygen atoms in total. The zero-order chi connectivity index (χ0) is 14.5. The number of benzene rings is 1. The van der Waals surface area contributed by atoms with E-state index in [4.69, 9.17) is 5.73 Å². The summed E-state index contributed by atoms with van der Waals surface area (Å²) in [5.74, 6) is -0.591. The molecule has 0 spiro atoms. The molecular weight excluding hydrogens is 267 g/mol. The van der Waals surface area contributed by atoms with Gasteiger partial charge in [0, 0.05) is 18.2 Å². The average molecular weight is 288 g/mol. The van der Waals surface area contributed by atoms with Crippen molar-refractivity contribution in [3.8, 4) is 0 Å². The Morgan fingerprint density at radius 2 is 2.11 bits per heavy atom. The SMILES string of the molecule is CCCCC(C)NS(=O)(=O)c1cccc(F)c1CN. The van der Waals surface area contributed by atoms with Gasteiger partial charge in [-0.2, -0.15) is 0 Å². The maximum Gasteiger partial charge on any atom is 0.241 e. The molecular formula is C13H21FN2O2S. The minimum absolute atomic E-state index is 0.0256. The van der Waals surface area contributed by atoms with Crippen LogP contribution >= 0.6 is 0 Å². The number of nitrogens with one attached hydrogen (secondary N) is 1. The molecule has 0 aliphatic heterocycles. The van der Waals surface area contributed by atoms with E-state index >= 15 is 0 Å². The largest absolute Gasteiger partial charge is 0.326 e. The minimum Gasteiger partial charge on any atom is -0.326 e. The van der Waals surface area contributed by atoms with Crippen LogP contribution in [0.2, 0.25) is 0 Å². The van der Waals surface area contributed by atoms with Crippen LogP contribution in [0.4, 0.5) is 4.39 Å². The standard InChI is InChI=1S/C13H21FN2O2S/c1-3-4-6-10(2)16-19(17,18)13-8-5-7-12(14)11(13)9-15/h5,7-8,10,16H,3-4,6,9,15H2,1-2H3. The molecule has 0 saturated carbocycles. The van der Waals surface area contributed by atoms with Crippen molar-refractivity contribution in [3.63, 3.8) is 0 Å². The van der Waals surface area contributed by atoms with Gasteiger partial charge in [-0.15, -0.1) is 0 Å². The van der Waals surface area contributed by atoms with Gasteiger partial charge in [0.15, 0.2) is 0 Å². The van der Waals surface area contributed by atoms with E-state index in [1.165, 1.54) is 18.2 Å². The first-order valence-electron chi connectivity index (χ1n) is 6.42. The highest BCUT2D eigenvalue weighted by atomic mass is 32.2. The van der Waals surface area contributed by atoms with Gasteiger partial charge in [-0.25, -0.2) is 17.5 Å². The second-order valence-corrected chi connectivity index (χ2v) is 6.27. The first kappa shape index (κ1) is 16.1. The van der Waals surface area contributed by atoms with Crippen molar-refractivity contribution in [1.29, 1.82) is 0 Å². The summed E-state index contributed by atoms with van der Waals surface area (Å²) in [6, 6.07) is 3.78. The highest BCUT2D eigenvalue weighted by molar-refractivity contribution is 7.89. The third-order valence-corrected chi connectivity index (χ3v) is 4.59. The fraction of sp³-hybridized carbons (Fsp3) is 0.538. The highest BCUT2D eigenvalue weighted by Crippen LogP contribution is 2.19. The third kappa shape index (κ3) is 4.26. The van der Waals surface area contributed by atoms with E-state index in [9.17, 15) is 12.8 Å². The predicted molar refractivity (Wildman–Crippen MR) is 73.6 cm³/mol. The number of unbranched alkanes of at least 4 members (excludes halogenated alkanes) is 1. The molecule has 1 atom stereocenters. The van der Waals surface area contributed by atoms with Crippen LogP contribution in [0.1, 0.15) is 38.7 Å². The maximum absolute atomic E-state index is 13.5. The van der Waals surface area contributed by atoms with Gasteiger partial charge in [0.2, 0.25) is 10.0 Å². The van der Waals surface area contributed by atoms with Crippen molar-refractivity contribution in [2.45, 2.75) is 50.6 Å². The van der Waals surface area contributed by atoms with E-state index in [0.29, 0.717) is 0 Å². The summed E-state index contributed by atoms with van der Waals surface area (Å²) in [5, 5.41) is 0. The van der Waals surface area contributed by atoms with E-state index in [1.807, 2.05) is 6.92 Å². The molecule has 3 N–H and O–H groups in total. The molecule has 0 saturated heterocycles. The summed E-state index contributed by atoms with van der Waals surface area (Å²) in [7, 11) is -3.73. The number of rotatable bonds is 7. The summed E-state index contributed by atoms with van der Waals surface area (Å²) in [6.45, 7) is 3.70. The van der Waals surface area contributed by atoms with Crippen LogP contribution in [0.25, 0.3) is 0 Å². The van der Waals surface area contributed by atoms with Crippen molar-refractivity contribution in [2.24, 2.45) is 5.73 Å². The molecule has 0 heterocycles. The minimum atomic E-state index is -3.73. The van der Waals surface area contributed by atoms with E-state index in [1.54, 1.807) is 6.92 Å². The van der Waals surface area contributed by atoms with Gasteiger partial charge in [0.25, 0.3) is 0 Å². The Balaban J connectivity index is 2.98.